The molecule has 0 unspecified atom stereocenters. The number of hydrogen-bond donors (Lipinski definition) is 1. The van der Waals surface area contributed by atoms with Gasteiger partial charge in [-0.2, -0.15) is 0 Å². The first-order valence-electron chi connectivity index (χ1n) is 5.42. The van der Waals surface area contributed by atoms with Gasteiger partial charge >= 0.3 is 0 Å². The smallest absolute Gasteiger partial charge is 0.182 e. The summed E-state index contributed by atoms with van der Waals surface area (Å²) in [5, 5.41) is 0.604. The van der Waals surface area contributed by atoms with Crippen molar-refractivity contribution in [2.75, 3.05) is 0 Å². The van der Waals surface area contributed by atoms with E-state index in [0.717, 1.165) is 11.0 Å². The molecule has 0 atom stereocenters. The number of nitrogens with zero attached hydrogens (tertiary/aromatic N) is 1. The summed E-state index contributed by atoms with van der Waals surface area (Å²) in [4.78, 5) is 3.02. The summed E-state index contributed by atoms with van der Waals surface area (Å²) in [6.07, 6.45) is 0. The van der Waals surface area contributed by atoms with Crippen molar-refractivity contribution in [3.05, 3.63) is 56.5 Å². The minimum Gasteiger partial charge on any atom is -0.330 e. The third-order valence-electron chi connectivity index (χ3n) is 2.79. The fourth-order valence-corrected chi connectivity index (χ4v) is 2.80. The molecule has 0 aliphatic carbocycles. The molecule has 2 aromatic carbocycles. The van der Waals surface area contributed by atoms with Crippen molar-refractivity contribution in [1.82, 2.24) is 9.55 Å². The van der Waals surface area contributed by atoms with Gasteiger partial charge in [0.05, 0.1) is 16.7 Å². The zero-order valence-electron chi connectivity index (χ0n) is 9.45. The van der Waals surface area contributed by atoms with Crippen LogP contribution in [0.5, 0.6) is 0 Å². The average Bonchev–Trinajstić information content (AvgIpc) is 2.65. The summed E-state index contributed by atoms with van der Waals surface area (Å²) in [6, 6.07) is 10.2. The van der Waals surface area contributed by atoms with Gasteiger partial charge in [-0.15, -0.1) is 0 Å². The molecule has 3 aromatic rings. The molecule has 1 N–H and O–H groups in total. The Bertz CT molecular complexity index is 840. The molecule has 0 saturated carbocycles. The Labute approximate surface area is 127 Å². The van der Waals surface area contributed by atoms with E-state index in [4.69, 9.17) is 23.8 Å². The molecular weight excluding hydrogens is 351 g/mol. The van der Waals surface area contributed by atoms with Crippen LogP contribution >= 0.6 is 39.7 Å². The van der Waals surface area contributed by atoms with Gasteiger partial charge < -0.3 is 4.98 Å². The first kappa shape index (κ1) is 12.8. The number of aromatic nitrogens is 2. The maximum atomic E-state index is 14.1. The summed E-state index contributed by atoms with van der Waals surface area (Å²) in [5.41, 5.74) is 1.97. The molecule has 96 valence electrons. The van der Waals surface area contributed by atoms with E-state index in [-0.39, 0.29) is 5.82 Å². The first-order chi connectivity index (χ1) is 9.06. The molecule has 0 bridgehead atoms. The van der Waals surface area contributed by atoms with Gasteiger partial charge in [-0.25, -0.2) is 4.39 Å². The lowest BCUT2D eigenvalue weighted by Crippen LogP contribution is -1.97. The van der Waals surface area contributed by atoms with Crippen LogP contribution in [0.15, 0.2) is 40.9 Å². The van der Waals surface area contributed by atoms with Crippen molar-refractivity contribution in [3.63, 3.8) is 0 Å². The Morgan fingerprint density at radius 3 is 2.74 bits per heavy atom. The monoisotopic (exact) mass is 356 g/mol. The van der Waals surface area contributed by atoms with Crippen LogP contribution in [0.25, 0.3) is 16.7 Å². The van der Waals surface area contributed by atoms with Crippen LogP contribution in [0.4, 0.5) is 4.39 Å². The molecular formula is C13H7BrClFN2S. The molecule has 0 aliphatic heterocycles. The van der Waals surface area contributed by atoms with Gasteiger partial charge in [0.2, 0.25) is 0 Å². The van der Waals surface area contributed by atoms with Crippen molar-refractivity contribution >= 4 is 50.8 Å². The fourth-order valence-electron chi connectivity index (χ4n) is 1.99. The number of hydrogen-bond acceptors (Lipinski definition) is 1. The van der Waals surface area contributed by atoms with Gasteiger partial charge in [-0.05, 0) is 48.6 Å². The minimum absolute atomic E-state index is 0.346. The van der Waals surface area contributed by atoms with Crippen molar-refractivity contribution in [2.45, 2.75) is 0 Å². The maximum absolute atomic E-state index is 14.1. The van der Waals surface area contributed by atoms with Crippen LogP contribution in [0.1, 0.15) is 0 Å². The Hall–Kier alpha value is -1.17. The maximum Gasteiger partial charge on any atom is 0.182 e. The van der Waals surface area contributed by atoms with Crippen molar-refractivity contribution in [2.24, 2.45) is 0 Å². The summed E-state index contributed by atoms with van der Waals surface area (Å²) in [7, 11) is 0. The molecule has 2 nitrogen and oxygen atoms in total. The average molecular weight is 358 g/mol. The van der Waals surface area contributed by atoms with Gasteiger partial charge in [0.1, 0.15) is 5.82 Å². The highest BCUT2D eigenvalue weighted by molar-refractivity contribution is 9.10. The minimum atomic E-state index is -0.346. The molecule has 0 amide bonds. The van der Waals surface area contributed by atoms with E-state index in [1.165, 1.54) is 6.07 Å². The number of halogens is 3. The lowest BCUT2D eigenvalue weighted by molar-refractivity contribution is 0.618. The van der Waals surface area contributed by atoms with E-state index in [1.54, 1.807) is 28.8 Å². The summed E-state index contributed by atoms with van der Waals surface area (Å²) in [5.74, 6) is -0.346. The van der Waals surface area contributed by atoms with Crippen LogP contribution in [-0.4, -0.2) is 9.55 Å². The van der Waals surface area contributed by atoms with Crippen LogP contribution in [0, 0.1) is 10.6 Å². The highest BCUT2D eigenvalue weighted by atomic mass is 79.9. The number of H-pyrrole nitrogens is 1. The second-order valence-electron chi connectivity index (χ2n) is 4.02. The number of benzene rings is 2. The molecule has 0 fully saturated rings. The second kappa shape index (κ2) is 4.74. The summed E-state index contributed by atoms with van der Waals surface area (Å²) in [6.45, 7) is 0. The van der Waals surface area contributed by atoms with Crippen molar-refractivity contribution in [1.29, 1.82) is 0 Å². The van der Waals surface area contributed by atoms with Crippen LogP contribution in [-0.2, 0) is 0 Å². The molecule has 6 heteroatoms. The molecule has 1 heterocycles. The van der Waals surface area contributed by atoms with E-state index < -0.39 is 0 Å². The topological polar surface area (TPSA) is 20.7 Å². The first-order valence-corrected chi connectivity index (χ1v) is 7.00. The van der Waals surface area contributed by atoms with Gasteiger partial charge in [0.15, 0.2) is 4.77 Å². The number of imidazole rings is 1. The summed E-state index contributed by atoms with van der Waals surface area (Å²) < 4.78 is 16.8. The predicted octanol–water partition coefficient (Wildman–Crippen LogP) is 5.24. The standard InChI is InChI=1S/C13H7BrClFN2S/c14-7-1-3-11(9(16)5-7)18-12-4-2-8(15)6-10(12)17-13(18)19/h1-6H,(H,17,19). The largest absolute Gasteiger partial charge is 0.330 e. The van der Waals surface area contributed by atoms with Crippen LogP contribution < -0.4 is 0 Å². The highest BCUT2D eigenvalue weighted by Crippen LogP contribution is 2.25. The molecule has 3 rings (SSSR count). The second-order valence-corrected chi connectivity index (χ2v) is 5.76. The number of rotatable bonds is 1. The summed E-state index contributed by atoms with van der Waals surface area (Å²) >= 11 is 14.4. The molecule has 0 saturated heterocycles. The molecule has 1 aromatic heterocycles. The quantitative estimate of drug-likeness (QED) is 0.590. The van der Waals surface area contributed by atoms with E-state index in [0.29, 0.717) is 20.0 Å². The van der Waals surface area contributed by atoms with Gasteiger partial charge in [0.25, 0.3) is 0 Å². The molecule has 0 radical (unpaired) electrons. The molecule has 0 aliphatic rings. The zero-order valence-corrected chi connectivity index (χ0v) is 12.6. The van der Waals surface area contributed by atoms with Gasteiger partial charge in [-0.3, -0.25) is 4.57 Å². The van der Waals surface area contributed by atoms with Crippen molar-refractivity contribution in [3.8, 4) is 5.69 Å². The Morgan fingerprint density at radius 1 is 1.21 bits per heavy atom. The predicted molar refractivity (Wildman–Crippen MR) is 81.1 cm³/mol. The Kier molecular flexibility index (Phi) is 3.20. The van der Waals surface area contributed by atoms with E-state index in [9.17, 15) is 4.39 Å². The van der Waals surface area contributed by atoms with E-state index in [1.807, 2.05) is 6.07 Å². The van der Waals surface area contributed by atoms with E-state index >= 15 is 0 Å². The lowest BCUT2D eigenvalue weighted by atomic mass is 10.2. The van der Waals surface area contributed by atoms with Crippen LogP contribution in [0.2, 0.25) is 5.02 Å². The van der Waals surface area contributed by atoms with Gasteiger partial charge in [-0.1, -0.05) is 27.5 Å². The van der Waals surface area contributed by atoms with Crippen molar-refractivity contribution < 1.29 is 4.39 Å². The number of fused-ring (bicyclic) bond motifs is 1. The Balaban J connectivity index is 2.36. The lowest BCUT2D eigenvalue weighted by Gasteiger charge is -2.06. The number of aromatic amines is 1. The third-order valence-corrected chi connectivity index (χ3v) is 3.81. The molecule has 19 heavy (non-hydrogen) atoms. The van der Waals surface area contributed by atoms with E-state index in [2.05, 4.69) is 20.9 Å². The van der Waals surface area contributed by atoms with Gasteiger partial charge in [0, 0.05) is 9.50 Å². The van der Waals surface area contributed by atoms with Crippen LogP contribution in [0.3, 0.4) is 0 Å². The Morgan fingerprint density at radius 2 is 2.00 bits per heavy atom. The fraction of sp³-hybridized carbons (Fsp3) is 0. The third kappa shape index (κ3) is 2.22. The normalized spacial score (nSPS) is 11.1. The highest BCUT2D eigenvalue weighted by Gasteiger charge is 2.11. The zero-order chi connectivity index (χ0) is 13.6. The SMILES string of the molecule is Fc1cc(Br)ccc1-n1c(=S)[nH]c2cc(Cl)ccc21. The molecule has 0 spiro atoms. The number of nitrogens with one attached hydrogen (secondary N) is 1.